The van der Waals surface area contributed by atoms with Gasteiger partial charge in [0.25, 0.3) is 0 Å². The number of nitrogen functional groups attached to an aromatic ring is 1. The van der Waals surface area contributed by atoms with E-state index in [0.717, 1.165) is 22.6 Å². The van der Waals surface area contributed by atoms with Crippen LogP contribution in [-0.2, 0) is 23.3 Å². The third-order valence-electron chi connectivity index (χ3n) is 3.03. The highest BCUT2D eigenvalue weighted by molar-refractivity contribution is 7.90. The Morgan fingerprint density at radius 3 is 2.53 bits per heavy atom. The molecule has 1 aromatic heterocycles. The Kier molecular flexibility index (Phi) is 4.45. The SMILES string of the molecule is CCc1cc(C)ncc1C[S+]([O-])c1ccc(N)cc1. The number of nitrogens with two attached hydrogens (primary N) is 1. The minimum Gasteiger partial charge on any atom is -0.611 e. The van der Waals surface area contributed by atoms with Crippen LogP contribution in [0.2, 0.25) is 0 Å². The molecule has 1 aromatic carbocycles. The lowest BCUT2D eigenvalue weighted by Gasteiger charge is -2.13. The van der Waals surface area contributed by atoms with Gasteiger partial charge in [-0.1, -0.05) is 6.92 Å². The number of hydrogen-bond acceptors (Lipinski definition) is 3. The lowest BCUT2D eigenvalue weighted by atomic mass is 10.1. The summed E-state index contributed by atoms with van der Waals surface area (Å²) in [7, 11) is 0. The normalized spacial score (nSPS) is 12.4. The Labute approximate surface area is 117 Å². The van der Waals surface area contributed by atoms with Gasteiger partial charge in [-0.05, 0) is 60.4 Å². The van der Waals surface area contributed by atoms with Crippen LogP contribution in [0, 0.1) is 6.92 Å². The summed E-state index contributed by atoms with van der Waals surface area (Å²) < 4.78 is 12.3. The Morgan fingerprint density at radius 1 is 1.21 bits per heavy atom. The molecule has 0 fully saturated rings. The van der Waals surface area contributed by atoms with Crippen LogP contribution in [0.3, 0.4) is 0 Å². The Balaban J connectivity index is 2.18. The topological polar surface area (TPSA) is 62.0 Å². The van der Waals surface area contributed by atoms with Crippen molar-refractivity contribution in [3.8, 4) is 0 Å². The Morgan fingerprint density at radius 2 is 1.89 bits per heavy atom. The molecular formula is C15H18N2OS. The predicted octanol–water partition coefficient (Wildman–Crippen LogP) is 2.84. The van der Waals surface area contributed by atoms with Crippen molar-refractivity contribution in [2.45, 2.75) is 30.9 Å². The standard InChI is InChI=1S/C15H18N2OS/c1-3-12-8-11(2)17-9-13(12)10-19(18)15-6-4-14(16)5-7-15/h4-9H,3,10,16H2,1-2H3. The van der Waals surface area contributed by atoms with Crippen LogP contribution < -0.4 is 5.73 Å². The lowest BCUT2D eigenvalue weighted by Crippen LogP contribution is -2.08. The van der Waals surface area contributed by atoms with Crippen LogP contribution in [0.1, 0.15) is 23.7 Å². The average Bonchev–Trinajstić information content (AvgIpc) is 2.41. The number of anilines is 1. The fourth-order valence-corrected chi connectivity index (χ4v) is 3.10. The fourth-order valence-electron chi connectivity index (χ4n) is 1.95. The van der Waals surface area contributed by atoms with Crippen molar-refractivity contribution in [3.63, 3.8) is 0 Å². The molecule has 0 saturated heterocycles. The van der Waals surface area contributed by atoms with E-state index in [2.05, 4.69) is 18.0 Å². The van der Waals surface area contributed by atoms with E-state index in [0.29, 0.717) is 11.4 Å². The Bertz CT molecular complexity index is 555. The van der Waals surface area contributed by atoms with Crippen molar-refractivity contribution in [1.29, 1.82) is 0 Å². The summed E-state index contributed by atoms with van der Waals surface area (Å²) in [6.45, 7) is 4.07. The Hall–Kier alpha value is -1.52. The number of aromatic nitrogens is 1. The molecule has 3 nitrogen and oxygen atoms in total. The van der Waals surface area contributed by atoms with E-state index in [1.807, 2.05) is 25.3 Å². The maximum atomic E-state index is 12.3. The van der Waals surface area contributed by atoms with E-state index in [9.17, 15) is 4.55 Å². The first kappa shape index (κ1) is 13.9. The second-order valence-electron chi connectivity index (χ2n) is 4.51. The molecule has 1 atom stereocenters. The fraction of sp³-hybridized carbons (Fsp3) is 0.267. The van der Waals surface area contributed by atoms with Crippen LogP contribution >= 0.6 is 0 Å². The van der Waals surface area contributed by atoms with Crippen LogP contribution in [0.5, 0.6) is 0 Å². The van der Waals surface area contributed by atoms with E-state index in [1.165, 1.54) is 5.56 Å². The molecule has 0 radical (unpaired) electrons. The van der Waals surface area contributed by atoms with Crippen LogP contribution in [0.15, 0.2) is 41.4 Å². The summed E-state index contributed by atoms with van der Waals surface area (Å²) in [5.74, 6) is 0.500. The summed E-state index contributed by atoms with van der Waals surface area (Å²) in [6.07, 6.45) is 2.76. The third kappa shape index (κ3) is 3.49. The lowest BCUT2D eigenvalue weighted by molar-refractivity contribution is 0.594. The number of hydrogen-bond donors (Lipinski definition) is 1. The summed E-state index contributed by atoms with van der Waals surface area (Å²) in [5, 5.41) is 0. The highest BCUT2D eigenvalue weighted by Crippen LogP contribution is 2.20. The van der Waals surface area contributed by atoms with Gasteiger partial charge in [0, 0.05) is 23.1 Å². The van der Waals surface area contributed by atoms with Gasteiger partial charge in [-0.3, -0.25) is 4.98 Å². The molecule has 1 heterocycles. The molecule has 2 rings (SSSR count). The predicted molar refractivity (Wildman–Crippen MR) is 79.3 cm³/mol. The van der Waals surface area contributed by atoms with Crippen LogP contribution in [0.4, 0.5) is 5.69 Å². The molecule has 2 aromatic rings. The molecule has 0 aliphatic heterocycles. The van der Waals surface area contributed by atoms with Crippen LogP contribution in [-0.4, -0.2) is 9.54 Å². The van der Waals surface area contributed by atoms with E-state index in [4.69, 9.17) is 5.73 Å². The van der Waals surface area contributed by atoms with Gasteiger partial charge in [-0.2, -0.15) is 0 Å². The van der Waals surface area contributed by atoms with Crippen molar-refractivity contribution < 1.29 is 4.55 Å². The average molecular weight is 274 g/mol. The van der Waals surface area contributed by atoms with E-state index < -0.39 is 11.2 Å². The molecule has 0 saturated carbocycles. The molecule has 0 aliphatic rings. The minimum atomic E-state index is -1.06. The first-order chi connectivity index (χ1) is 9.10. The number of aryl methyl sites for hydroxylation is 2. The zero-order valence-electron chi connectivity index (χ0n) is 11.2. The van der Waals surface area contributed by atoms with Gasteiger partial charge in [-0.25, -0.2) is 0 Å². The number of nitrogens with zero attached hydrogens (tertiary/aromatic N) is 1. The molecule has 2 N–H and O–H groups in total. The molecule has 0 amide bonds. The molecule has 100 valence electrons. The third-order valence-corrected chi connectivity index (χ3v) is 4.40. The van der Waals surface area contributed by atoms with Crippen molar-refractivity contribution in [2.24, 2.45) is 0 Å². The molecule has 19 heavy (non-hydrogen) atoms. The summed E-state index contributed by atoms with van der Waals surface area (Å²) >= 11 is -1.06. The van der Waals surface area contributed by atoms with Crippen molar-refractivity contribution >= 4 is 16.9 Å². The largest absolute Gasteiger partial charge is 0.611 e. The van der Waals surface area contributed by atoms with Crippen molar-refractivity contribution in [2.75, 3.05) is 5.73 Å². The minimum absolute atomic E-state index is 0.500. The first-order valence-corrected chi connectivity index (χ1v) is 7.60. The first-order valence-electron chi connectivity index (χ1n) is 6.28. The second-order valence-corrected chi connectivity index (χ2v) is 5.96. The summed E-state index contributed by atoms with van der Waals surface area (Å²) in [4.78, 5) is 5.10. The number of rotatable bonds is 4. The molecule has 4 heteroatoms. The zero-order valence-corrected chi connectivity index (χ0v) is 12.0. The highest BCUT2D eigenvalue weighted by atomic mass is 32.2. The number of pyridine rings is 1. The van der Waals surface area contributed by atoms with Crippen molar-refractivity contribution in [3.05, 3.63) is 53.3 Å². The summed E-state index contributed by atoms with van der Waals surface area (Å²) in [6, 6.07) is 9.26. The zero-order chi connectivity index (χ0) is 13.8. The van der Waals surface area contributed by atoms with E-state index in [-0.39, 0.29) is 0 Å². The monoisotopic (exact) mass is 274 g/mol. The highest BCUT2D eigenvalue weighted by Gasteiger charge is 2.14. The van der Waals surface area contributed by atoms with Gasteiger partial charge < -0.3 is 10.3 Å². The van der Waals surface area contributed by atoms with Gasteiger partial charge >= 0.3 is 0 Å². The maximum Gasteiger partial charge on any atom is 0.153 e. The van der Waals surface area contributed by atoms with Gasteiger partial charge in [0.2, 0.25) is 0 Å². The molecule has 0 bridgehead atoms. The van der Waals surface area contributed by atoms with Gasteiger partial charge in [0.15, 0.2) is 4.90 Å². The van der Waals surface area contributed by atoms with Gasteiger partial charge in [0.1, 0.15) is 5.75 Å². The van der Waals surface area contributed by atoms with Crippen LogP contribution in [0.25, 0.3) is 0 Å². The molecular weight excluding hydrogens is 256 g/mol. The second kappa shape index (κ2) is 6.08. The van der Waals surface area contributed by atoms with Gasteiger partial charge in [0.05, 0.1) is 0 Å². The molecule has 1 unspecified atom stereocenters. The quantitative estimate of drug-likeness (QED) is 0.689. The molecule has 0 spiro atoms. The van der Waals surface area contributed by atoms with E-state index in [1.54, 1.807) is 12.1 Å². The smallest absolute Gasteiger partial charge is 0.153 e. The van der Waals surface area contributed by atoms with Crippen molar-refractivity contribution in [1.82, 2.24) is 4.98 Å². The van der Waals surface area contributed by atoms with E-state index >= 15 is 0 Å². The molecule has 0 aliphatic carbocycles. The number of benzene rings is 1. The summed E-state index contributed by atoms with van der Waals surface area (Å²) in [5.41, 5.74) is 9.60. The van der Waals surface area contributed by atoms with Gasteiger partial charge in [-0.15, -0.1) is 0 Å². The maximum absolute atomic E-state index is 12.3.